The molecule has 1 aliphatic rings. The van der Waals surface area contributed by atoms with E-state index in [-0.39, 0.29) is 0 Å². The molecular formula is C22H29NO. The van der Waals surface area contributed by atoms with Gasteiger partial charge < -0.3 is 10.5 Å². The molecule has 0 bridgehead atoms. The van der Waals surface area contributed by atoms with Gasteiger partial charge in [-0.2, -0.15) is 0 Å². The van der Waals surface area contributed by atoms with Crippen molar-refractivity contribution in [2.45, 2.75) is 50.5 Å². The molecule has 0 aromatic heterocycles. The summed E-state index contributed by atoms with van der Waals surface area (Å²) in [5, 5.41) is 0. The van der Waals surface area contributed by atoms with Gasteiger partial charge in [-0.05, 0) is 67.2 Å². The van der Waals surface area contributed by atoms with Gasteiger partial charge in [0, 0.05) is 6.04 Å². The third kappa shape index (κ3) is 4.39. The van der Waals surface area contributed by atoms with Gasteiger partial charge in [-0.15, -0.1) is 0 Å². The first-order chi connectivity index (χ1) is 11.8. The maximum absolute atomic E-state index is 6.56. The molecule has 2 heteroatoms. The number of nitrogens with two attached hydrogens (primary N) is 1. The minimum Gasteiger partial charge on any atom is -0.497 e. The van der Waals surface area contributed by atoms with E-state index in [0.29, 0.717) is 17.9 Å². The summed E-state index contributed by atoms with van der Waals surface area (Å²) in [6, 6.07) is 19.6. The highest BCUT2D eigenvalue weighted by molar-refractivity contribution is 5.29. The number of rotatable bonds is 6. The van der Waals surface area contributed by atoms with Crippen molar-refractivity contribution in [3.05, 3.63) is 65.7 Å². The lowest BCUT2D eigenvalue weighted by Gasteiger charge is -2.33. The van der Waals surface area contributed by atoms with Crippen molar-refractivity contribution >= 4 is 0 Å². The van der Waals surface area contributed by atoms with E-state index < -0.39 is 0 Å². The van der Waals surface area contributed by atoms with E-state index in [9.17, 15) is 0 Å². The van der Waals surface area contributed by atoms with Crippen LogP contribution >= 0.6 is 0 Å². The van der Waals surface area contributed by atoms with Crippen molar-refractivity contribution in [2.24, 2.45) is 11.7 Å². The second kappa shape index (κ2) is 8.34. The molecule has 0 heterocycles. The van der Waals surface area contributed by atoms with Crippen molar-refractivity contribution in [2.75, 3.05) is 7.11 Å². The van der Waals surface area contributed by atoms with Gasteiger partial charge in [0.15, 0.2) is 0 Å². The van der Waals surface area contributed by atoms with Gasteiger partial charge in [0.25, 0.3) is 0 Å². The molecule has 3 rings (SSSR count). The second-order valence-electron chi connectivity index (χ2n) is 7.08. The summed E-state index contributed by atoms with van der Waals surface area (Å²) >= 11 is 0. The minimum atomic E-state index is 0.311. The summed E-state index contributed by atoms with van der Waals surface area (Å²) in [5.41, 5.74) is 9.40. The van der Waals surface area contributed by atoms with Gasteiger partial charge in [-0.3, -0.25) is 0 Å². The zero-order valence-corrected chi connectivity index (χ0v) is 14.7. The SMILES string of the molecule is COc1ccc(C2CCCC(C(N)CCc3ccccc3)C2)cc1. The van der Waals surface area contributed by atoms with E-state index in [0.717, 1.165) is 18.6 Å². The molecule has 0 spiro atoms. The fourth-order valence-electron chi connectivity index (χ4n) is 4.01. The monoisotopic (exact) mass is 323 g/mol. The molecule has 2 N–H and O–H groups in total. The minimum absolute atomic E-state index is 0.311. The third-order valence-electron chi connectivity index (χ3n) is 5.52. The molecule has 0 aliphatic heterocycles. The Balaban J connectivity index is 1.56. The van der Waals surface area contributed by atoms with Gasteiger partial charge in [0.1, 0.15) is 5.75 Å². The average Bonchev–Trinajstić information content (AvgIpc) is 2.67. The van der Waals surface area contributed by atoms with Crippen molar-refractivity contribution in [1.82, 2.24) is 0 Å². The summed E-state index contributed by atoms with van der Waals surface area (Å²) in [6.07, 6.45) is 7.26. The Hall–Kier alpha value is -1.80. The molecule has 1 saturated carbocycles. The summed E-state index contributed by atoms with van der Waals surface area (Å²) in [6.45, 7) is 0. The Morgan fingerprint density at radius 1 is 1.04 bits per heavy atom. The second-order valence-corrected chi connectivity index (χ2v) is 7.08. The summed E-state index contributed by atoms with van der Waals surface area (Å²) in [7, 11) is 1.72. The molecule has 24 heavy (non-hydrogen) atoms. The van der Waals surface area contributed by atoms with Crippen LogP contribution in [0.2, 0.25) is 0 Å². The van der Waals surface area contributed by atoms with Crippen LogP contribution in [-0.2, 0) is 6.42 Å². The van der Waals surface area contributed by atoms with Crippen LogP contribution in [0.5, 0.6) is 5.75 Å². The van der Waals surface area contributed by atoms with E-state index in [1.54, 1.807) is 7.11 Å². The van der Waals surface area contributed by atoms with E-state index >= 15 is 0 Å². The maximum Gasteiger partial charge on any atom is 0.118 e. The standard InChI is InChI=1S/C22H29NO/c1-24-21-13-11-18(12-14-21)19-8-5-9-20(16-19)22(23)15-10-17-6-3-2-4-7-17/h2-4,6-7,11-14,19-20,22H,5,8-10,15-16,23H2,1H3. The zero-order chi connectivity index (χ0) is 16.8. The van der Waals surface area contributed by atoms with Crippen molar-refractivity contribution < 1.29 is 4.74 Å². The molecule has 128 valence electrons. The fourth-order valence-corrected chi connectivity index (χ4v) is 4.01. The molecule has 2 aromatic carbocycles. The van der Waals surface area contributed by atoms with E-state index in [2.05, 4.69) is 54.6 Å². The molecule has 2 aromatic rings. The number of methoxy groups -OCH3 is 1. The Morgan fingerprint density at radius 3 is 2.50 bits per heavy atom. The lowest BCUT2D eigenvalue weighted by Crippen LogP contribution is -2.33. The first-order valence-electron chi connectivity index (χ1n) is 9.19. The summed E-state index contributed by atoms with van der Waals surface area (Å²) in [4.78, 5) is 0. The van der Waals surface area contributed by atoms with Crippen LogP contribution in [-0.4, -0.2) is 13.2 Å². The van der Waals surface area contributed by atoms with Crippen LogP contribution in [0.4, 0.5) is 0 Å². The number of benzene rings is 2. The topological polar surface area (TPSA) is 35.2 Å². The molecule has 3 unspecified atom stereocenters. The van der Waals surface area contributed by atoms with E-state index in [1.165, 1.54) is 36.8 Å². The first kappa shape index (κ1) is 17.0. The summed E-state index contributed by atoms with van der Waals surface area (Å²) in [5.74, 6) is 2.23. The lowest BCUT2D eigenvalue weighted by atomic mass is 9.74. The van der Waals surface area contributed by atoms with Crippen molar-refractivity contribution in [1.29, 1.82) is 0 Å². The third-order valence-corrected chi connectivity index (χ3v) is 5.52. The molecular weight excluding hydrogens is 294 g/mol. The van der Waals surface area contributed by atoms with Crippen LogP contribution in [0.1, 0.15) is 49.1 Å². The first-order valence-corrected chi connectivity index (χ1v) is 9.19. The molecule has 3 atom stereocenters. The quantitative estimate of drug-likeness (QED) is 0.818. The van der Waals surface area contributed by atoms with Crippen molar-refractivity contribution in [3.63, 3.8) is 0 Å². The number of hydrogen-bond acceptors (Lipinski definition) is 2. The predicted molar refractivity (Wildman–Crippen MR) is 100 cm³/mol. The lowest BCUT2D eigenvalue weighted by molar-refractivity contribution is 0.269. The Kier molecular flexibility index (Phi) is 5.92. The van der Waals surface area contributed by atoms with Crippen LogP contribution in [0.15, 0.2) is 54.6 Å². The van der Waals surface area contributed by atoms with Gasteiger partial charge >= 0.3 is 0 Å². The maximum atomic E-state index is 6.56. The fraction of sp³-hybridized carbons (Fsp3) is 0.455. The van der Waals surface area contributed by atoms with Gasteiger partial charge in [-0.25, -0.2) is 0 Å². The van der Waals surface area contributed by atoms with Crippen LogP contribution < -0.4 is 10.5 Å². The summed E-state index contributed by atoms with van der Waals surface area (Å²) < 4.78 is 5.27. The van der Waals surface area contributed by atoms with E-state index in [4.69, 9.17) is 10.5 Å². The zero-order valence-electron chi connectivity index (χ0n) is 14.7. The number of aryl methyl sites for hydroxylation is 1. The highest BCUT2D eigenvalue weighted by atomic mass is 16.5. The number of ether oxygens (including phenoxy) is 1. The Morgan fingerprint density at radius 2 is 1.79 bits per heavy atom. The predicted octanol–water partition coefficient (Wildman–Crippen LogP) is 4.93. The molecule has 0 saturated heterocycles. The van der Waals surface area contributed by atoms with Crippen LogP contribution in [0.25, 0.3) is 0 Å². The van der Waals surface area contributed by atoms with Gasteiger partial charge in [0.05, 0.1) is 7.11 Å². The largest absolute Gasteiger partial charge is 0.497 e. The highest BCUT2D eigenvalue weighted by Gasteiger charge is 2.27. The van der Waals surface area contributed by atoms with Crippen molar-refractivity contribution in [3.8, 4) is 5.75 Å². The Bertz CT molecular complexity index is 608. The normalized spacial score (nSPS) is 22.1. The molecule has 0 radical (unpaired) electrons. The highest BCUT2D eigenvalue weighted by Crippen LogP contribution is 2.38. The molecule has 2 nitrogen and oxygen atoms in total. The van der Waals surface area contributed by atoms with Gasteiger partial charge in [-0.1, -0.05) is 48.9 Å². The average molecular weight is 323 g/mol. The molecule has 1 aliphatic carbocycles. The molecule has 1 fully saturated rings. The van der Waals surface area contributed by atoms with Crippen LogP contribution in [0, 0.1) is 5.92 Å². The van der Waals surface area contributed by atoms with Gasteiger partial charge in [0.2, 0.25) is 0 Å². The van der Waals surface area contributed by atoms with E-state index in [1.807, 2.05) is 0 Å². The number of hydrogen-bond donors (Lipinski definition) is 1. The molecule has 0 amide bonds. The Labute approximate surface area is 146 Å². The van der Waals surface area contributed by atoms with Crippen LogP contribution in [0.3, 0.4) is 0 Å². The smallest absolute Gasteiger partial charge is 0.118 e.